The summed E-state index contributed by atoms with van der Waals surface area (Å²) < 4.78 is 0. The highest BCUT2D eigenvalue weighted by molar-refractivity contribution is 5.64. The summed E-state index contributed by atoms with van der Waals surface area (Å²) in [5.74, 6) is 0. The summed E-state index contributed by atoms with van der Waals surface area (Å²) in [6.07, 6.45) is 0.794. The van der Waals surface area contributed by atoms with Gasteiger partial charge in [0.1, 0.15) is 0 Å². The fourth-order valence-electron chi connectivity index (χ4n) is 1.22. The Labute approximate surface area is 85.3 Å². The maximum absolute atomic E-state index is 8.59. The Bertz CT molecular complexity index is 269. The van der Waals surface area contributed by atoms with Gasteiger partial charge in [-0.1, -0.05) is 36.9 Å². The van der Waals surface area contributed by atoms with Gasteiger partial charge in [-0.2, -0.15) is 0 Å². The molecule has 0 aliphatic heterocycles. The van der Waals surface area contributed by atoms with Crippen molar-refractivity contribution in [1.82, 2.24) is 5.32 Å². The number of aliphatic hydroxyl groups is 1. The van der Waals surface area contributed by atoms with Gasteiger partial charge in [0.25, 0.3) is 0 Å². The van der Waals surface area contributed by atoms with Crippen LogP contribution in [0.25, 0.3) is 5.57 Å². The molecule has 0 atom stereocenters. The molecule has 0 aliphatic carbocycles. The maximum atomic E-state index is 8.59. The molecule has 2 nitrogen and oxygen atoms in total. The SMILES string of the molecule is C=C(CNCCCO)c1ccccc1. The molecule has 14 heavy (non-hydrogen) atoms. The standard InChI is InChI=1S/C12H17NO/c1-11(10-13-8-5-9-14)12-6-3-2-4-7-12/h2-4,6-7,13-14H,1,5,8-10H2. The Balaban J connectivity index is 2.29. The van der Waals surface area contributed by atoms with E-state index in [4.69, 9.17) is 5.11 Å². The minimum atomic E-state index is 0.241. The van der Waals surface area contributed by atoms with Gasteiger partial charge >= 0.3 is 0 Å². The van der Waals surface area contributed by atoms with Crippen LogP contribution >= 0.6 is 0 Å². The van der Waals surface area contributed by atoms with E-state index in [1.54, 1.807) is 0 Å². The lowest BCUT2D eigenvalue weighted by atomic mass is 10.1. The zero-order chi connectivity index (χ0) is 10.2. The molecule has 0 bridgehead atoms. The molecular weight excluding hydrogens is 174 g/mol. The van der Waals surface area contributed by atoms with Crippen LogP contribution in [0.5, 0.6) is 0 Å². The highest BCUT2D eigenvalue weighted by atomic mass is 16.3. The van der Waals surface area contributed by atoms with Crippen molar-refractivity contribution in [3.05, 3.63) is 42.5 Å². The first-order valence-corrected chi connectivity index (χ1v) is 4.89. The average Bonchev–Trinajstić information content (AvgIpc) is 2.25. The summed E-state index contributed by atoms with van der Waals surface area (Å²) in [6.45, 7) is 5.86. The van der Waals surface area contributed by atoms with E-state index in [9.17, 15) is 0 Å². The topological polar surface area (TPSA) is 32.3 Å². The molecule has 0 amide bonds. The van der Waals surface area contributed by atoms with Crippen molar-refractivity contribution >= 4 is 5.57 Å². The molecule has 0 spiro atoms. The van der Waals surface area contributed by atoms with Crippen molar-refractivity contribution in [2.24, 2.45) is 0 Å². The van der Waals surface area contributed by atoms with Crippen molar-refractivity contribution in [3.8, 4) is 0 Å². The van der Waals surface area contributed by atoms with Gasteiger partial charge in [0.2, 0.25) is 0 Å². The van der Waals surface area contributed by atoms with Gasteiger partial charge in [-0.05, 0) is 24.1 Å². The van der Waals surface area contributed by atoms with Crippen molar-refractivity contribution < 1.29 is 5.11 Å². The van der Waals surface area contributed by atoms with Gasteiger partial charge < -0.3 is 10.4 Å². The molecule has 0 heterocycles. The summed E-state index contributed by atoms with van der Waals surface area (Å²) in [6, 6.07) is 10.1. The van der Waals surface area contributed by atoms with Gasteiger partial charge in [-0.3, -0.25) is 0 Å². The smallest absolute Gasteiger partial charge is 0.0443 e. The van der Waals surface area contributed by atoms with E-state index in [1.165, 1.54) is 5.56 Å². The predicted octanol–water partition coefficient (Wildman–Crippen LogP) is 1.67. The van der Waals surface area contributed by atoms with Gasteiger partial charge in [-0.15, -0.1) is 0 Å². The van der Waals surface area contributed by atoms with Crippen LogP contribution in [0.2, 0.25) is 0 Å². The van der Waals surface area contributed by atoms with E-state index < -0.39 is 0 Å². The number of hydrogen-bond donors (Lipinski definition) is 2. The Morgan fingerprint density at radius 3 is 2.64 bits per heavy atom. The molecule has 0 saturated heterocycles. The van der Waals surface area contributed by atoms with Gasteiger partial charge in [0.15, 0.2) is 0 Å². The highest BCUT2D eigenvalue weighted by Gasteiger charge is 1.96. The Hall–Kier alpha value is -1.12. The van der Waals surface area contributed by atoms with Crippen molar-refractivity contribution in [1.29, 1.82) is 0 Å². The van der Waals surface area contributed by atoms with Crippen LogP contribution in [0, 0.1) is 0 Å². The van der Waals surface area contributed by atoms with Gasteiger partial charge in [-0.25, -0.2) is 0 Å². The van der Waals surface area contributed by atoms with Crippen LogP contribution in [0.3, 0.4) is 0 Å². The predicted molar refractivity (Wildman–Crippen MR) is 60.0 cm³/mol. The van der Waals surface area contributed by atoms with Crippen LogP contribution in [0.4, 0.5) is 0 Å². The maximum Gasteiger partial charge on any atom is 0.0443 e. The molecular formula is C12H17NO. The highest BCUT2D eigenvalue weighted by Crippen LogP contribution is 2.09. The minimum Gasteiger partial charge on any atom is -0.396 e. The van der Waals surface area contributed by atoms with E-state index in [-0.39, 0.29) is 6.61 Å². The number of benzene rings is 1. The number of aliphatic hydroxyl groups excluding tert-OH is 1. The van der Waals surface area contributed by atoms with E-state index in [0.29, 0.717) is 0 Å². The van der Waals surface area contributed by atoms with Crippen molar-refractivity contribution in [3.63, 3.8) is 0 Å². The molecule has 0 aromatic heterocycles. The minimum absolute atomic E-state index is 0.241. The zero-order valence-electron chi connectivity index (χ0n) is 8.37. The lowest BCUT2D eigenvalue weighted by Gasteiger charge is -2.06. The third-order valence-electron chi connectivity index (χ3n) is 2.03. The molecule has 1 aromatic carbocycles. The normalized spacial score (nSPS) is 10.1. The molecule has 2 heteroatoms. The molecule has 1 rings (SSSR count). The summed E-state index contributed by atoms with van der Waals surface area (Å²) in [7, 11) is 0. The quantitative estimate of drug-likeness (QED) is 0.670. The molecule has 2 N–H and O–H groups in total. The van der Waals surface area contributed by atoms with Crippen molar-refractivity contribution in [2.75, 3.05) is 19.7 Å². The fourth-order valence-corrected chi connectivity index (χ4v) is 1.22. The summed E-state index contributed by atoms with van der Waals surface area (Å²) in [5, 5.41) is 11.8. The largest absolute Gasteiger partial charge is 0.396 e. The summed E-state index contributed by atoms with van der Waals surface area (Å²) in [5.41, 5.74) is 2.26. The molecule has 0 saturated carbocycles. The number of rotatable bonds is 6. The third kappa shape index (κ3) is 3.73. The monoisotopic (exact) mass is 191 g/mol. The van der Waals surface area contributed by atoms with Crippen molar-refractivity contribution in [2.45, 2.75) is 6.42 Å². The van der Waals surface area contributed by atoms with Gasteiger partial charge in [0.05, 0.1) is 0 Å². The second-order valence-corrected chi connectivity index (χ2v) is 3.22. The fraction of sp³-hybridized carbons (Fsp3) is 0.333. The first-order chi connectivity index (χ1) is 6.84. The lowest BCUT2D eigenvalue weighted by Crippen LogP contribution is -2.18. The molecule has 76 valence electrons. The van der Waals surface area contributed by atoms with E-state index in [2.05, 4.69) is 24.0 Å². The Morgan fingerprint density at radius 2 is 2.00 bits per heavy atom. The third-order valence-corrected chi connectivity index (χ3v) is 2.03. The molecule has 0 aliphatic rings. The van der Waals surface area contributed by atoms with Crippen LogP contribution in [0.1, 0.15) is 12.0 Å². The van der Waals surface area contributed by atoms with E-state index >= 15 is 0 Å². The second kappa shape index (κ2) is 6.35. The van der Waals surface area contributed by atoms with Crippen LogP contribution in [0.15, 0.2) is 36.9 Å². The lowest BCUT2D eigenvalue weighted by molar-refractivity contribution is 0.287. The zero-order valence-corrected chi connectivity index (χ0v) is 8.37. The first-order valence-electron chi connectivity index (χ1n) is 4.89. The summed E-state index contributed by atoms with van der Waals surface area (Å²) in [4.78, 5) is 0. The first kappa shape index (κ1) is 11.0. The molecule has 0 unspecified atom stereocenters. The van der Waals surface area contributed by atoms with E-state index in [0.717, 1.165) is 25.1 Å². The average molecular weight is 191 g/mol. The van der Waals surface area contributed by atoms with Crippen LogP contribution in [-0.2, 0) is 0 Å². The van der Waals surface area contributed by atoms with Crippen LogP contribution in [-0.4, -0.2) is 24.8 Å². The number of hydrogen-bond acceptors (Lipinski definition) is 2. The summed E-state index contributed by atoms with van der Waals surface area (Å²) >= 11 is 0. The molecule has 0 radical (unpaired) electrons. The molecule has 0 fully saturated rings. The van der Waals surface area contributed by atoms with Crippen LogP contribution < -0.4 is 5.32 Å². The second-order valence-electron chi connectivity index (χ2n) is 3.22. The molecule has 1 aromatic rings. The Kier molecular flexibility index (Phi) is 4.97. The Morgan fingerprint density at radius 1 is 1.29 bits per heavy atom. The van der Waals surface area contributed by atoms with E-state index in [1.807, 2.05) is 18.2 Å². The van der Waals surface area contributed by atoms with Gasteiger partial charge in [0, 0.05) is 13.2 Å². The number of nitrogens with one attached hydrogen (secondary N) is 1.